The Bertz CT molecular complexity index is 743. The number of allylic oxidation sites excluding steroid dienone is 4. The Morgan fingerprint density at radius 3 is 2.81 bits per heavy atom. The van der Waals surface area contributed by atoms with Gasteiger partial charge in [-0.1, -0.05) is 19.9 Å². The van der Waals surface area contributed by atoms with Gasteiger partial charge in [0, 0.05) is 42.9 Å². The fourth-order valence-corrected chi connectivity index (χ4v) is 4.58. The zero-order chi connectivity index (χ0) is 18.1. The van der Waals surface area contributed by atoms with E-state index in [9.17, 15) is 5.11 Å². The van der Waals surface area contributed by atoms with Crippen molar-refractivity contribution in [2.75, 3.05) is 47.8 Å². The van der Waals surface area contributed by atoms with Crippen LogP contribution in [0, 0.1) is 5.92 Å². The van der Waals surface area contributed by atoms with E-state index in [-0.39, 0.29) is 0 Å². The Morgan fingerprint density at radius 2 is 2.08 bits per heavy atom. The summed E-state index contributed by atoms with van der Waals surface area (Å²) in [5, 5.41) is 10.1. The largest absolute Gasteiger partial charge is 0.512 e. The van der Waals surface area contributed by atoms with E-state index in [0.29, 0.717) is 31.3 Å². The molecular formula is C19H26N4O2S. The molecule has 1 unspecified atom stereocenters. The van der Waals surface area contributed by atoms with Crippen LogP contribution in [0.4, 0.5) is 11.8 Å². The quantitative estimate of drug-likeness (QED) is 0.812. The first-order valence-electron chi connectivity index (χ1n) is 9.41. The van der Waals surface area contributed by atoms with Crippen LogP contribution in [0.5, 0.6) is 0 Å². The molecule has 0 saturated carbocycles. The van der Waals surface area contributed by atoms with Crippen LogP contribution in [0.2, 0.25) is 0 Å². The van der Waals surface area contributed by atoms with Gasteiger partial charge in [0.15, 0.2) is 0 Å². The van der Waals surface area contributed by atoms with Gasteiger partial charge in [-0.2, -0.15) is 4.98 Å². The molecule has 0 bridgehead atoms. The SMILES string of the molecule is CCSN1CCc2c(C3=CC(C)CC(O)=C3)nc(N3CCOCC3)nc21. The number of hydrogen-bond acceptors (Lipinski definition) is 7. The van der Waals surface area contributed by atoms with Crippen LogP contribution in [0.1, 0.15) is 31.5 Å². The minimum atomic E-state index is 0.315. The van der Waals surface area contributed by atoms with Crippen LogP contribution in [0.25, 0.3) is 5.57 Å². The monoisotopic (exact) mass is 374 g/mol. The highest BCUT2D eigenvalue weighted by atomic mass is 32.2. The van der Waals surface area contributed by atoms with Crippen molar-refractivity contribution in [2.24, 2.45) is 5.92 Å². The first-order valence-corrected chi connectivity index (χ1v) is 10.4. The van der Waals surface area contributed by atoms with Crippen LogP contribution >= 0.6 is 11.9 Å². The standard InChI is InChI=1S/C19H26N4O2S/c1-3-26-23-5-4-16-17(14-10-13(2)11-15(24)12-14)20-19(21-18(16)23)22-6-8-25-9-7-22/h10,12-13,24H,3-9,11H2,1-2H3. The Hall–Kier alpha value is -1.73. The van der Waals surface area contributed by atoms with E-state index < -0.39 is 0 Å². The fourth-order valence-electron chi connectivity index (χ4n) is 3.77. The average Bonchev–Trinajstić information content (AvgIpc) is 3.04. The number of rotatable bonds is 4. The van der Waals surface area contributed by atoms with Crippen molar-refractivity contribution < 1.29 is 9.84 Å². The Kier molecular flexibility index (Phi) is 5.09. The van der Waals surface area contributed by atoms with E-state index in [4.69, 9.17) is 14.7 Å². The number of ether oxygens (including phenoxy) is 1. The molecule has 0 radical (unpaired) electrons. The summed E-state index contributed by atoms with van der Waals surface area (Å²) >= 11 is 1.81. The van der Waals surface area contributed by atoms with Crippen molar-refractivity contribution in [3.05, 3.63) is 29.2 Å². The van der Waals surface area contributed by atoms with E-state index in [2.05, 4.69) is 29.1 Å². The Labute approximate surface area is 159 Å². The summed E-state index contributed by atoms with van der Waals surface area (Å²) in [5.41, 5.74) is 3.21. The number of anilines is 2. The number of aliphatic hydroxyl groups excluding tert-OH is 1. The molecule has 1 saturated heterocycles. The number of fused-ring (bicyclic) bond motifs is 1. The molecule has 0 spiro atoms. The van der Waals surface area contributed by atoms with Gasteiger partial charge in [0.25, 0.3) is 0 Å². The molecule has 1 fully saturated rings. The first kappa shape index (κ1) is 17.7. The van der Waals surface area contributed by atoms with Gasteiger partial charge in [-0.25, -0.2) is 4.98 Å². The van der Waals surface area contributed by atoms with Crippen LogP contribution in [-0.4, -0.2) is 53.7 Å². The van der Waals surface area contributed by atoms with Gasteiger partial charge in [-0.05, 0) is 30.4 Å². The molecule has 0 aromatic carbocycles. The molecule has 1 aliphatic carbocycles. The van der Waals surface area contributed by atoms with Crippen molar-refractivity contribution in [2.45, 2.75) is 26.7 Å². The predicted molar refractivity (Wildman–Crippen MR) is 107 cm³/mol. The maximum Gasteiger partial charge on any atom is 0.228 e. The van der Waals surface area contributed by atoms with Crippen molar-refractivity contribution in [1.29, 1.82) is 0 Å². The number of nitrogens with zero attached hydrogens (tertiary/aromatic N) is 4. The van der Waals surface area contributed by atoms with E-state index in [1.165, 1.54) is 5.56 Å². The molecule has 3 heterocycles. The molecule has 6 nitrogen and oxygen atoms in total. The maximum absolute atomic E-state index is 10.1. The minimum Gasteiger partial charge on any atom is -0.512 e. The Morgan fingerprint density at radius 1 is 1.27 bits per heavy atom. The summed E-state index contributed by atoms with van der Waals surface area (Å²) in [6.45, 7) is 8.31. The lowest BCUT2D eigenvalue weighted by atomic mass is 9.93. The van der Waals surface area contributed by atoms with Crippen molar-refractivity contribution in [1.82, 2.24) is 9.97 Å². The molecule has 0 amide bonds. The van der Waals surface area contributed by atoms with Gasteiger partial charge in [0.2, 0.25) is 5.95 Å². The van der Waals surface area contributed by atoms with Crippen LogP contribution < -0.4 is 9.21 Å². The molecule has 1 aromatic rings. The summed E-state index contributed by atoms with van der Waals surface area (Å²) in [5.74, 6) is 3.59. The summed E-state index contributed by atoms with van der Waals surface area (Å²) in [4.78, 5) is 12.1. The summed E-state index contributed by atoms with van der Waals surface area (Å²) in [7, 11) is 0. The zero-order valence-electron chi connectivity index (χ0n) is 15.4. The van der Waals surface area contributed by atoms with Crippen LogP contribution in [0.15, 0.2) is 17.9 Å². The number of hydrogen-bond donors (Lipinski definition) is 1. The average molecular weight is 375 g/mol. The highest BCUT2D eigenvalue weighted by Gasteiger charge is 2.29. The Balaban J connectivity index is 1.79. The molecule has 3 aliphatic rings. The summed E-state index contributed by atoms with van der Waals surface area (Å²) < 4.78 is 7.78. The van der Waals surface area contributed by atoms with Crippen molar-refractivity contribution in [3.8, 4) is 0 Å². The second-order valence-corrected chi connectivity index (χ2v) is 8.26. The smallest absolute Gasteiger partial charge is 0.228 e. The molecule has 140 valence electrons. The molecule has 2 aliphatic heterocycles. The zero-order valence-corrected chi connectivity index (χ0v) is 16.3. The second-order valence-electron chi connectivity index (χ2n) is 6.98. The topological polar surface area (TPSA) is 61.7 Å². The summed E-state index contributed by atoms with van der Waals surface area (Å²) in [6.07, 6.45) is 5.74. The van der Waals surface area contributed by atoms with E-state index in [0.717, 1.165) is 54.8 Å². The van der Waals surface area contributed by atoms with Gasteiger partial charge < -0.3 is 14.7 Å². The lowest BCUT2D eigenvalue weighted by Crippen LogP contribution is -2.37. The van der Waals surface area contributed by atoms with Crippen LogP contribution in [-0.2, 0) is 11.2 Å². The van der Waals surface area contributed by atoms with E-state index in [1.807, 2.05) is 18.0 Å². The number of morpholine rings is 1. The lowest BCUT2D eigenvalue weighted by molar-refractivity contribution is 0.122. The van der Waals surface area contributed by atoms with Gasteiger partial charge in [0.05, 0.1) is 24.7 Å². The van der Waals surface area contributed by atoms with Crippen molar-refractivity contribution in [3.63, 3.8) is 0 Å². The highest BCUT2D eigenvalue weighted by Crippen LogP contribution is 2.38. The third-order valence-corrected chi connectivity index (χ3v) is 5.87. The maximum atomic E-state index is 10.1. The summed E-state index contributed by atoms with van der Waals surface area (Å²) in [6, 6.07) is 0. The third kappa shape index (κ3) is 3.42. The van der Waals surface area contributed by atoms with Gasteiger partial charge in [0.1, 0.15) is 5.82 Å². The molecule has 26 heavy (non-hydrogen) atoms. The molecule has 7 heteroatoms. The van der Waals surface area contributed by atoms with E-state index in [1.54, 1.807) is 0 Å². The van der Waals surface area contributed by atoms with Crippen LogP contribution in [0.3, 0.4) is 0 Å². The minimum absolute atomic E-state index is 0.315. The fraction of sp³-hybridized carbons (Fsp3) is 0.579. The number of aliphatic hydroxyl groups is 1. The highest BCUT2D eigenvalue weighted by molar-refractivity contribution is 8.00. The van der Waals surface area contributed by atoms with Gasteiger partial charge in [-0.3, -0.25) is 4.31 Å². The van der Waals surface area contributed by atoms with Crippen molar-refractivity contribution >= 4 is 29.3 Å². The predicted octanol–water partition coefficient (Wildman–Crippen LogP) is 3.21. The second kappa shape index (κ2) is 7.48. The first-order chi connectivity index (χ1) is 12.7. The molecule has 4 rings (SSSR count). The number of aromatic nitrogens is 2. The molecular weight excluding hydrogens is 348 g/mol. The van der Waals surface area contributed by atoms with E-state index >= 15 is 0 Å². The third-order valence-electron chi connectivity index (χ3n) is 4.94. The molecule has 1 N–H and O–H groups in total. The van der Waals surface area contributed by atoms with Gasteiger partial charge >= 0.3 is 0 Å². The molecule has 1 atom stereocenters. The lowest BCUT2D eigenvalue weighted by Gasteiger charge is -2.28. The molecule has 1 aromatic heterocycles. The van der Waals surface area contributed by atoms with Gasteiger partial charge in [-0.15, -0.1) is 0 Å². The normalized spacial score (nSPS) is 22.9.